The number of carbonyl (C=O) groups is 1. The number of esters is 1. The summed E-state index contributed by atoms with van der Waals surface area (Å²) in [6.45, 7) is 9.80. The average Bonchev–Trinajstić information content (AvgIpc) is 3.41. The number of nitrogens with zero attached hydrogens (tertiary/aromatic N) is 3. The highest BCUT2D eigenvalue weighted by Gasteiger charge is 2.24. The Bertz CT molecular complexity index is 1120. The van der Waals surface area contributed by atoms with Gasteiger partial charge in [0.1, 0.15) is 30.9 Å². The zero-order valence-electron chi connectivity index (χ0n) is 20.1. The topological polar surface area (TPSA) is 84.7 Å². The van der Waals surface area contributed by atoms with Gasteiger partial charge in [-0.25, -0.2) is 9.67 Å². The molecule has 0 saturated carbocycles. The quantitative estimate of drug-likeness (QED) is 0.231. The highest BCUT2D eigenvalue weighted by atomic mass is 28.3. The summed E-state index contributed by atoms with van der Waals surface area (Å²) < 4.78 is 24.5. The molecule has 2 aromatic heterocycles. The molecule has 1 aromatic carbocycles. The SMILES string of the molecule is CC(=O)OCC1Cc2ccc(Oc3ccc(-c4ccnn4COCC[Si](C)(C)C)cn3)cc2O1. The summed E-state index contributed by atoms with van der Waals surface area (Å²) in [4.78, 5) is 15.5. The summed E-state index contributed by atoms with van der Waals surface area (Å²) in [5, 5.41) is 4.38. The second kappa shape index (κ2) is 10.4. The Kier molecular flexibility index (Phi) is 7.33. The zero-order chi connectivity index (χ0) is 24.1. The van der Waals surface area contributed by atoms with Gasteiger partial charge in [0, 0.05) is 58.1 Å². The first-order valence-electron chi connectivity index (χ1n) is 11.4. The number of benzene rings is 1. The highest BCUT2D eigenvalue weighted by molar-refractivity contribution is 6.76. The van der Waals surface area contributed by atoms with Crippen molar-refractivity contribution in [3.63, 3.8) is 0 Å². The maximum absolute atomic E-state index is 11.0. The van der Waals surface area contributed by atoms with Crippen LogP contribution >= 0.6 is 0 Å². The summed E-state index contributed by atoms with van der Waals surface area (Å²) in [7, 11) is -1.12. The van der Waals surface area contributed by atoms with Crippen molar-refractivity contribution < 1.29 is 23.7 Å². The molecular weight excluding hydrogens is 450 g/mol. The van der Waals surface area contributed by atoms with E-state index in [0.717, 1.165) is 35.2 Å². The van der Waals surface area contributed by atoms with Crippen molar-refractivity contribution in [3.8, 4) is 28.6 Å². The summed E-state index contributed by atoms with van der Waals surface area (Å²) >= 11 is 0. The summed E-state index contributed by atoms with van der Waals surface area (Å²) in [5.41, 5.74) is 2.94. The van der Waals surface area contributed by atoms with Crippen LogP contribution in [0.2, 0.25) is 25.7 Å². The molecule has 0 bridgehead atoms. The minimum absolute atomic E-state index is 0.170. The fourth-order valence-corrected chi connectivity index (χ4v) is 4.33. The van der Waals surface area contributed by atoms with Gasteiger partial charge >= 0.3 is 5.97 Å². The first-order valence-corrected chi connectivity index (χ1v) is 15.1. The van der Waals surface area contributed by atoms with Gasteiger partial charge in [-0.05, 0) is 29.8 Å². The van der Waals surface area contributed by atoms with E-state index in [1.807, 2.05) is 41.1 Å². The molecule has 3 heterocycles. The number of hydrogen-bond donors (Lipinski definition) is 0. The van der Waals surface area contributed by atoms with Gasteiger partial charge in [0.05, 0.1) is 5.69 Å². The monoisotopic (exact) mass is 481 g/mol. The lowest BCUT2D eigenvalue weighted by Crippen LogP contribution is -2.22. The maximum Gasteiger partial charge on any atom is 0.302 e. The normalized spacial score (nSPS) is 15.0. The molecule has 3 aromatic rings. The van der Waals surface area contributed by atoms with Crippen molar-refractivity contribution in [3.05, 3.63) is 54.4 Å². The second-order valence-electron chi connectivity index (χ2n) is 9.57. The van der Waals surface area contributed by atoms with Gasteiger partial charge in [-0.1, -0.05) is 25.7 Å². The predicted octanol–water partition coefficient (Wildman–Crippen LogP) is 4.92. The lowest BCUT2D eigenvalue weighted by atomic mass is 10.1. The van der Waals surface area contributed by atoms with Crippen LogP contribution in [0.5, 0.6) is 17.4 Å². The van der Waals surface area contributed by atoms with Gasteiger partial charge < -0.3 is 18.9 Å². The maximum atomic E-state index is 11.0. The predicted molar refractivity (Wildman–Crippen MR) is 131 cm³/mol. The van der Waals surface area contributed by atoms with E-state index in [1.54, 1.807) is 12.4 Å². The van der Waals surface area contributed by atoms with Crippen LogP contribution in [0.25, 0.3) is 11.3 Å². The van der Waals surface area contributed by atoms with Gasteiger partial charge in [0.2, 0.25) is 5.88 Å². The molecule has 9 heteroatoms. The molecule has 34 heavy (non-hydrogen) atoms. The molecule has 8 nitrogen and oxygen atoms in total. The minimum Gasteiger partial charge on any atom is -0.486 e. The lowest BCUT2D eigenvalue weighted by molar-refractivity contribution is -0.143. The third-order valence-electron chi connectivity index (χ3n) is 5.43. The molecule has 0 aliphatic carbocycles. The Morgan fingerprint density at radius 2 is 2.06 bits per heavy atom. The number of fused-ring (bicyclic) bond motifs is 1. The lowest BCUT2D eigenvalue weighted by Gasteiger charge is -2.16. The van der Waals surface area contributed by atoms with Crippen molar-refractivity contribution in [2.45, 2.75) is 51.9 Å². The number of carbonyl (C=O) groups excluding carboxylic acids is 1. The molecule has 1 aliphatic rings. The van der Waals surface area contributed by atoms with Crippen LogP contribution in [-0.4, -0.2) is 48.1 Å². The zero-order valence-corrected chi connectivity index (χ0v) is 21.1. The molecule has 4 rings (SSSR count). The highest BCUT2D eigenvalue weighted by Crippen LogP contribution is 2.34. The third-order valence-corrected chi connectivity index (χ3v) is 7.14. The summed E-state index contributed by atoms with van der Waals surface area (Å²) in [6, 6.07) is 12.5. The molecule has 0 amide bonds. The summed E-state index contributed by atoms with van der Waals surface area (Å²) in [6.07, 6.45) is 4.06. The smallest absolute Gasteiger partial charge is 0.302 e. The molecule has 0 spiro atoms. The molecule has 0 saturated heterocycles. The number of rotatable bonds is 10. The Labute approximate surface area is 200 Å². The van der Waals surface area contributed by atoms with E-state index in [4.69, 9.17) is 18.9 Å². The molecule has 1 atom stereocenters. The van der Waals surface area contributed by atoms with E-state index < -0.39 is 8.07 Å². The van der Waals surface area contributed by atoms with Gasteiger partial charge in [0.15, 0.2) is 0 Å². The van der Waals surface area contributed by atoms with Gasteiger partial charge in [0.25, 0.3) is 0 Å². The Morgan fingerprint density at radius 3 is 2.79 bits per heavy atom. The number of ether oxygens (including phenoxy) is 4. The van der Waals surface area contributed by atoms with E-state index in [2.05, 4.69) is 29.7 Å². The first-order chi connectivity index (χ1) is 16.3. The fraction of sp³-hybridized carbons (Fsp3) is 0.400. The van der Waals surface area contributed by atoms with Crippen LogP contribution in [-0.2, 0) is 27.4 Å². The van der Waals surface area contributed by atoms with Crippen LogP contribution in [0, 0.1) is 0 Å². The molecular formula is C25H31N3O5Si. The van der Waals surface area contributed by atoms with Crippen molar-refractivity contribution >= 4 is 14.0 Å². The average molecular weight is 482 g/mol. The molecule has 0 fully saturated rings. The Hall–Kier alpha value is -3.17. The van der Waals surface area contributed by atoms with Gasteiger partial charge in [-0.2, -0.15) is 5.10 Å². The molecule has 180 valence electrons. The Balaban J connectivity index is 1.35. The van der Waals surface area contributed by atoms with E-state index in [9.17, 15) is 4.79 Å². The van der Waals surface area contributed by atoms with Crippen LogP contribution in [0.1, 0.15) is 12.5 Å². The molecule has 1 aliphatic heterocycles. The number of hydrogen-bond acceptors (Lipinski definition) is 7. The van der Waals surface area contributed by atoms with E-state index in [-0.39, 0.29) is 18.7 Å². The molecule has 1 unspecified atom stereocenters. The molecule has 0 N–H and O–H groups in total. The van der Waals surface area contributed by atoms with Crippen molar-refractivity contribution in [1.82, 2.24) is 14.8 Å². The van der Waals surface area contributed by atoms with Crippen LogP contribution < -0.4 is 9.47 Å². The number of pyridine rings is 1. The third kappa shape index (κ3) is 6.45. The van der Waals surface area contributed by atoms with E-state index in [1.165, 1.54) is 6.92 Å². The molecule has 0 radical (unpaired) electrons. The van der Waals surface area contributed by atoms with Crippen molar-refractivity contribution in [2.75, 3.05) is 13.2 Å². The second-order valence-corrected chi connectivity index (χ2v) is 15.2. The standard InChI is InChI=1S/C25H31N3O5Si/c1-18(29)31-16-22-13-19-5-7-21(14-24(19)32-22)33-25-8-6-20(15-26-25)23-9-10-27-28(23)17-30-11-12-34(2,3)4/h5-10,14-15,22H,11-13,16-17H2,1-4H3. The van der Waals surface area contributed by atoms with Crippen LogP contribution in [0.15, 0.2) is 48.8 Å². The van der Waals surface area contributed by atoms with E-state index >= 15 is 0 Å². The first kappa shape index (κ1) is 24.0. The summed E-state index contributed by atoms with van der Waals surface area (Å²) in [5.74, 6) is 1.55. The van der Waals surface area contributed by atoms with E-state index in [0.29, 0.717) is 24.8 Å². The fourth-order valence-electron chi connectivity index (χ4n) is 3.57. The number of aromatic nitrogens is 3. The van der Waals surface area contributed by atoms with Crippen molar-refractivity contribution in [1.29, 1.82) is 0 Å². The largest absolute Gasteiger partial charge is 0.486 e. The minimum atomic E-state index is -1.12. The van der Waals surface area contributed by atoms with Crippen molar-refractivity contribution in [2.24, 2.45) is 0 Å². The van der Waals surface area contributed by atoms with Crippen LogP contribution in [0.3, 0.4) is 0 Å². The Morgan fingerprint density at radius 1 is 1.21 bits per heavy atom. The van der Waals surface area contributed by atoms with Crippen LogP contribution in [0.4, 0.5) is 0 Å². The van der Waals surface area contributed by atoms with Gasteiger partial charge in [-0.3, -0.25) is 4.79 Å². The van der Waals surface area contributed by atoms with Gasteiger partial charge in [-0.15, -0.1) is 0 Å².